The molecule has 0 saturated carbocycles. The monoisotopic (exact) mass is 414 g/mol. The number of rotatable bonds is 4. The Morgan fingerprint density at radius 3 is 1.48 bits per heavy atom. The molecule has 0 bridgehead atoms. The van der Waals surface area contributed by atoms with E-state index in [1.165, 1.54) is 22.6 Å². The van der Waals surface area contributed by atoms with E-state index in [1.54, 1.807) is 35.3 Å². The number of thioether (sulfide) groups is 2. The fourth-order valence-electron chi connectivity index (χ4n) is 2.67. The summed E-state index contributed by atoms with van der Waals surface area (Å²) in [6.45, 7) is 1.86. The molecule has 0 amide bonds. The van der Waals surface area contributed by atoms with Crippen LogP contribution in [0.1, 0.15) is 12.8 Å². The highest BCUT2D eigenvalue weighted by Crippen LogP contribution is 2.30. The van der Waals surface area contributed by atoms with Crippen LogP contribution in [0.2, 0.25) is 0 Å². The van der Waals surface area contributed by atoms with Gasteiger partial charge in [-0.1, -0.05) is 35.3 Å². The molecule has 2 aromatic rings. The first kappa shape index (κ1) is 18.8. The van der Waals surface area contributed by atoms with Crippen molar-refractivity contribution in [2.24, 2.45) is 9.98 Å². The summed E-state index contributed by atoms with van der Waals surface area (Å²) < 4.78 is 0. The first-order chi connectivity index (χ1) is 13.3. The zero-order valence-corrected chi connectivity index (χ0v) is 17.4. The van der Waals surface area contributed by atoms with Gasteiger partial charge in [-0.3, -0.25) is 9.98 Å². The molecule has 2 heterocycles. The molecule has 7 heteroatoms. The molecule has 0 aromatic heterocycles. The highest BCUT2D eigenvalue weighted by Gasteiger charge is 2.07. The van der Waals surface area contributed by atoms with Crippen molar-refractivity contribution in [3.63, 3.8) is 0 Å². The number of aliphatic imine (C=N–C) groups is 2. The first-order valence-corrected chi connectivity index (χ1v) is 11.9. The molecule has 0 saturated heterocycles. The molecule has 27 heavy (non-hydrogen) atoms. The van der Waals surface area contributed by atoms with E-state index in [-0.39, 0.29) is 0 Å². The molecular weight excluding hydrogens is 392 g/mol. The van der Waals surface area contributed by atoms with Crippen LogP contribution in [0.25, 0.3) is 0 Å². The Labute approximate surface area is 173 Å². The number of hydrogen-bond donors (Lipinski definition) is 2. The molecule has 0 unspecified atom stereocenters. The predicted molar refractivity (Wildman–Crippen MR) is 123 cm³/mol. The lowest BCUT2D eigenvalue weighted by Crippen LogP contribution is -2.13. The largest absolute Gasteiger partial charge is 0.335 e. The van der Waals surface area contributed by atoms with Crippen molar-refractivity contribution < 1.29 is 0 Å². The summed E-state index contributed by atoms with van der Waals surface area (Å²) in [5.41, 5.74) is 2.19. The van der Waals surface area contributed by atoms with Crippen LogP contribution in [0.3, 0.4) is 0 Å². The average Bonchev–Trinajstić information content (AvgIpc) is 2.73. The number of nitrogens with one attached hydrogen (secondary N) is 2. The van der Waals surface area contributed by atoms with Crippen LogP contribution in [0.5, 0.6) is 0 Å². The van der Waals surface area contributed by atoms with Crippen molar-refractivity contribution in [2.45, 2.75) is 22.6 Å². The molecule has 2 aliphatic heterocycles. The van der Waals surface area contributed by atoms with Crippen LogP contribution in [0.4, 0.5) is 11.4 Å². The average molecular weight is 415 g/mol. The van der Waals surface area contributed by atoms with Gasteiger partial charge in [-0.05, 0) is 61.4 Å². The van der Waals surface area contributed by atoms with Gasteiger partial charge >= 0.3 is 0 Å². The van der Waals surface area contributed by atoms with E-state index in [1.807, 2.05) is 0 Å². The van der Waals surface area contributed by atoms with Crippen LogP contribution in [-0.2, 0) is 0 Å². The topological polar surface area (TPSA) is 48.8 Å². The van der Waals surface area contributed by atoms with E-state index in [4.69, 9.17) is 0 Å². The molecule has 4 nitrogen and oxygen atoms in total. The first-order valence-electron chi connectivity index (χ1n) is 9.12. The minimum absolute atomic E-state index is 0.931. The van der Waals surface area contributed by atoms with Crippen LogP contribution in [0.15, 0.2) is 68.3 Å². The maximum atomic E-state index is 4.51. The van der Waals surface area contributed by atoms with Gasteiger partial charge in [0.25, 0.3) is 0 Å². The Hall–Kier alpha value is -1.57. The molecule has 2 aliphatic rings. The molecule has 0 aliphatic carbocycles. The summed E-state index contributed by atoms with van der Waals surface area (Å²) in [5.74, 6) is 2.30. The molecule has 140 valence electrons. The second kappa shape index (κ2) is 9.57. The van der Waals surface area contributed by atoms with E-state index in [0.29, 0.717) is 0 Å². The molecular formula is C20H22N4S3. The Kier molecular flexibility index (Phi) is 6.66. The van der Waals surface area contributed by atoms with E-state index >= 15 is 0 Å². The smallest absolute Gasteiger partial charge is 0.161 e. The second-order valence-electron chi connectivity index (χ2n) is 6.18. The van der Waals surface area contributed by atoms with Gasteiger partial charge in [0.2, 0.25) is 0 Å². The maximum Gasteiger partial charge on any atom is 0.161 e. The van der Waals surface area contributed by atoms with Gasteiger partial charge in [-0.15, -0.1) is 0 Å². The summed E-state index contributed by atoms with van der Waals surface area (Å²) in [4.78, 5) is 11.5. The fraction of sp³-hybridized carbons (Fsp3) is 0.300. The lowest BCUT2D eigenvalue weighted by molar-refractivity contribution is 0.938. The lowest BCUT2D eigenvalue weighted by Gasteiger charge is -2.14. The van der Waals surface area contributed by atoms with Gasteiger partial charge in [-0.2, -0.15) is 0 Å². The van der Waals surface area contributed by atoms with Crippen LogP contribution in [0, 0.1) is 0 Å². The highest BCUT2D eigenvalue weighted by atomic mass is 32.2. The molecule has 2 N–H and O–H groups in total. The highest BCUT2D eigenvalue weighted by molar-refractivity contribution is 8.14. The SMILES string of the molecule is c1cc(Sc2ccc(NC3=NCCCS3)cc2)ccc1NC1=NCCCS1. The third kappa shape index (κ3) is 5.70. The fourth-order valence-corrected chi connectivity index (χ4v) is 5.16. The zero-order chi connectivity index (χ0) is 18.3. The van der Waals surface area contributed by atoms with Crippen molar-refractivity contribution in [1.29, 1.82) is 0 Å². The molecule has 0 atom stereocenters. The minimum Gasteiger partial charge on any atom is -0.335 e. The number of nitrogens with zero attached hydrogens (tertiary/aromatic N) is 2. The molecule has 0 radical (unpaired) electrons. The lowest BCUT2D eigenvalue weighted by atomic mass is 10.3. The van der Waals surface area contributed by atoms with Crippen LogP contribution >= 0.6 is 35.3 Å². The third-order valence-corrected chi connectivity index (χ3v) is 7.05. The standard InChI is InChI=1S/C20H22N4S3/c1-11-21-19(25-13-1)23-15-3-7-17(8-4-15)27-18-9-5-16(6-10-18)24-20-22-12-2-14-26-20/h3-10H,1-2,11-14H2,(H,21,23)(H,22,24). The zero-order valence-electron chi connectivity index (χ0n) is 15.0. The molecule has 0 spiro atoms. The summed E-state index contributed by atoms with van der Waals surface area (Å²) in [7, 11) is 0. The van der Waals surface area contributed by atoms with Crippen molar-refractivity contribution in [3.8, 4) is 0 Å². The number of anilines is 2. The Bertz CT molecular complexity index is 747. The predicted octanol–water partition coefficient (Wildman–Crippen LogP) is 5.65. The second-order valence-corrected chi connectivity index (χ2v) is 9.49. The summed E-state index contributed by atoms with van der Waals surface area (Å²) in [6.07, 6.45) is 2.35. The third-order valence-electron chi connectivity index (χ3n) is 4.04. The van der Waals surface area contributed by atoms with Gasteiger partial charge < -0.3 is 10.6 Å². The minimum atomic E-state index is 0.931. The van der Waals surface area contributed by atoms with Crippen molar-refractivity contribution in [3.05, 3.63) is 48.5 Å². The van der Waals surface area contributed by atoms with E-state index < -0.39 is 0 Å². The van der Waals surface area contributed by atoms with Crippen molar-refractivity contribution in [2.75, 3.05) is 35.2 Å². The molecule has 2 aromatic carbocycles. The van der Waals surface area contributed by atoms with Gasteiger partial charge in [0, 0.05) is 45.8 Å². The Balaban J connectivity index is 1.33. The van der Waals surface area contributed by atoms with E-state index in [0.717, 1.165) is 46.3 Å². The summed E-state index contributed by atoms with van der Waals surface area (Å²) in [5, 5.41) is 8.87. The van der Waals surface area contributed by atoms with Gasteiger partial charge in [-0.25, -0.2) is 0 Å². The van der Waals surface area contributed by atoms with Crippen LogP contribution in [-0.4, -0.2) is 34.9 Å². The van der Waals surface area contributed by atoms with Gasteiger partial charge in [0.1, 0.15) is 0 Å². The Morgan fingerprint density at radius 1 is 0.667 bits per heavy atom. The summed E-state index contributed by atoms with van der Waals surface area (Å²) >= 11 is 5.36. The number of hydrogen-bond acceptors (Lipinski definition) is 7. The molecule has 4 rings (SSSR count). The quantitative estimate of drug-likeness (QED) is 0.677. The van der Waals surface area contributed by atoms with Crippen LogP contribution < -0.4 is 10.6 Å². The Morgan fingerprint density at radius 2 is 1.11 bits per heavy atom. The van der Waals surface area contributed by atoms with Crippen molar-refractivity contribution >= 4 is 57.0 Å². The number of benzene rings is 2. The van der Waals surface area contributed by atoms with Gasteiger partial charge in [0.15, 0.2) is 10.3 Å². The summed E-state index contributed by atoms with van der Waals surface area (Å²) in [6, 6.07) is 17.1. The normalized spacial score (nSPS) is 17.0. The molecule has 0 fully saturated rings. The number of amidine groups is 2. The van der Waals surface area contributed by atoms with Crippen molar-refractivity contribution in [1.82, 2.24) is 0 Å². The van der Waals surface area contributed by atoms with Gasteiger partial charge in [0.05, 0.1) is 0 Å². The van der Waals surface area contributed by atoms with E-state index in [9.17, 15) is 0 Å². The van der Waals surface area contributed by atoms with E-state index in [2.05, 4.69) is 69.1 Å². The maximum absolute atomic E-state index is 4.51.